The number of benzene rings is 2. The Morgan fingerprint density at radius 1 is 0.725 bits per heavy atom. The summed E-state index contributed by atoms with van der Waals surface area (Å²) in [6.07, 6.45) is 2.37. The fourth-order valence-corrected chi connectivity index (χ4v) is 7.67. The van der Waals surface area contributed by atoms with Gasteiger partial charge in [-0.1, -0.05) is 12.1 Å². The van der Waals surface area contributed by atoms with Crippen molar-refractivity contribution in [3.05, 3.63) is 58.7 Å². The van der Waals surface area contributed by atoms with Gasteiger partial charge in [-0.25, -0.2) is 0 Å². The van der Waals surface area contributed by atoms with Crippen molar-refractivity contribution in [2.75, 3.05) is 25.7 Å². The summed E-state index contributed by atoms with van der Waals surface area (Å²) in [5.41, 5.74) is 10.5. The van der Waals surface area contributed by atoms with Crippen LogP contribution in [0.5, 0.6) is 11.5 Å². The summed E-state index contributed by atoms with van der Waals surface area (Å²) in [6, 6.07) is 9.20. The first-order chi connectivity index (χ1) is 18.8. The number of hydrogen-bond donors (Lipinski definition) is 6. The summed E-state index contributed by atoms with van der Waals surface area (Å²) < 4.78 is 24.1. The van der Waals surface area contributed by atoms with E-state index in [1.165, 1.54) is 12.1 Å². The first kappa shape index (κ1) is 32.7. The number of quaternary nitrogens is 4. The lowest BCUT2D eigenvalue weighted by molar-refractivity contribution is -1.00. The molecular weight excluding hydrogens is 558 g/mol. The molecule has 3 rings (SSSR count). The second-order valence-electron chi connectivity index (χ2n) is 10.8. The number of phenolic OH excluding ortho intramolecular Hbond substituents is 2. The third kappa shape index (κ3) is 9.92. The maximum Gasteiger partial charge on any atom is 0.140 e. The van der Waals surface area contributed by atoms with Gasteiger partial charge < -0.3 is 60.2 Å². The highest BCUT2D eigenvalue weighted by Gasteiger charge is 2.41. The van der Waals surface area contributed by atoms with Crippen LogP contribution in [0.3, 0.4) is 0 Å². The lowest BCUT2D eigenvalue weighted by Gasteiger charge is -2.45. The van der Waals surface area contributed by atoms with Crippen molar-refractivity contribution in [2.24, 2.45) is 0 Å². The van der Waals surface area contributed by atoms with Gasteiger partial charge in [0.05, 0.1) is 13.1 Å². The van der Waals surface area contributed by atoms with E-state index in [2.05, 4.69) is 11.5 Å². The van der Waals surface area contributed by atoms with E-state index in [0.717, 1.165) is 24.0 Å². The third-order valence-electron chi connectivity index (χ3n) is 7.66. The van der Waals surface area contributed by atoms with E-state index in [0.29, 0.717) is 59.7 Å². The van der Waals surface area contributed by atoms with E-state index in [1.807, 2.05) is 0 Å². The molecule has 0 spiro atoms. The standard InChI is InChI=1S/C26H42N4O8P2/c27-11-9-19-5-7-25(31)21(13-19)15-29(17-39(33,34)35)23-3-1-2-4-24(23)30(18-40(36,37)38)16-22-14-20(10-12-28)6-8-26(22)32/h5-8,13-14,23-24,31-32H,1-4,9-12,15-18,27-28H2,(H2,33,34,35)(H2,36,37,38). The third-order valence-corrected chi connectivity index (χ3v) is 9.25. The minimum Gasteiger partial charge on any atom is -0.807 e. The zero-order valence-corrected chi connectivity index (χ0v) is 24.5. The van der Waals surface area contributed by atoms with Gasteiger partial charge >= 0.3 is 0 Å². The second kappa shape index (κ2) is 14.4. The molecule has 0 amide bonds. The maximum atomic E-state index is 12.1. The maximum absolute atomic E-state index is 12.1. The van der Waals surface area contributed by atoms with Crippen LogP contribution in [0.25, 0.3) is 0 Å². The summed E-state index contributed by atoms with van der Waals surface area (Å²) in [6.45, 7) is 1.34. The molecule has 1 aliphatic carbocycles. The minimum absolute atomic E-state index is 0.0238. The van der Waals surface area contributed by atoms with Gasteiger partial charge in [0, 0.05) is 36.8 Å². The quantitative estimate of drug-likeness (QED) is 0.115. The van der Waals surface area contributed by atoms with Crippen LogP contribution in [-0.4, -0.2) is 48.0 Å². The average Bonchev–Trinajstić information content (AvgIpc) is 2.86. The van der Waals surface area contributed by atoms with Gasteiger partial charge in [-0.15, -0.1) is 0 Å². The van der Waals surface area contributed by atoms with Crippen LogP contribution in [0.1, 0.15) is 47.9 Å². The Labute approximate surface area is 234 Å². The van der Waals surface area contributed by atoms with E-state index in [4.69, 9.17) is 0 Å². The van der Waals surface area contributed by atoms with Crippen LogP contribution in [0, 0.1) is 0 Å². The molecule has 4 atom stereocenters. The number of phenols is 2. The van der Waals surface area contributed by atoms with Crippen LogP contribution in [-0.2, 0) is 35.1 Å². The predicted octanol–water partition coefficient (Wildman–Crippen LogP) is -4.81. The monoisotopic (exact) mass is 600 g/mol. The number of rotatable bonds is 14. The molecule has 0 bridgehead atoms. The van der Waals surface area contributed by atoms with Gasteiger partial charge in [0.2, 0.25) is 0 Å². The molecule has 0 aliphatic heterocycles. The highest BCUT2D eigenvalue weighted by molar-refractivity contribution is 7.48. The first-order valence-corrected chi connectivity index (χ1v) is 17.2. The Hall–Kier alpha value is -1.82. The van der Waals surface area contributed by atoms with Gasteiger partial charge in [-0.2, -0.15) is 0 Å². The summed E-state index contributed by atoms with van der Waals surface area (Å²) in [7, 11) is -10.0. The molecule has 0 aromatic heterocycles. The second-order valence-corrected chi connectivity index (χ2v) is 13.9. The number of aromatic hydroxyl groups is 2. The molecular formula is C26H42N4O8P2. The van der Waals surface area contributed by atoms with Gasteiger partial charge in [-0.05, 0) is 63.4 Å². The highest BCUT2D eigenvalue weighted by atomic mass is 31.2. The Morgan fingerprint density at radius 3 is 1.43 bits per heavy atom. The van der Waals surface area contributed by atoms with Gasteiger partial charge in [0.1, 0.15) is 49.2 Å². The highest BCUT2D eigenvalue weighted by Crippen LogP contribution is 2.26. The Kier molecular flexibility index (Phi) is 11.8. The summed E-state index contributed by atoms with van der Waals surface area (Å²) in [5.74, 6) is -0.0476. The SMILES string of the molecule is [NH3+]CCc1ccc(O)c(C[NH+](CP(=O)([O-])[O-])C2CCCCC2[NH+](Cc2cc(CC[NH3+])ccc2O)CP(=O)([O-])[O-])c1. The molecule has 0 heterocycles. The van der Waals surface area contributed by atoms with Gasteiger partial charge in [0.25, 0.3) is 0 Å². The van der Waals surface area contributed by atoms with Crippen molar-refractivity contribution in [2.45, 2.75) is 63.7 Å². The average molecular weight is 601 g/mol. The fraction of sp³-hybridized carbons (Fsp3) is 0.538. The van der Waals surface area contributed by atoms with Crippen molar-refractivity contribution >= 4 is 15.2 Å². The van der Waals surface area contributed by atoms with Crippen molar-refractivity contribution in [1.29, 1.82) is 0 Å². The summed E-state index contributed by atoms with van der Waals surface area (Å²) in [4.78, 5) is 49.0. The van der Waals surface area contributed by atoms with E-state index in [-0.39, 0.29) is 24.6 Å². The molecule has 0 radical (unpaired) electrons. The molecule has 4 unspecified atom stereocenters. The number of nitrogens with one attached hydrogen (secondary N) is 2. The summed E-state index contributed by atoms with van der Waals surface area (Å²) >= 11 is 0. The molecule has 1 aliphatic rings. The van der Waals surface area contributed by atoms with Crippen LogP contribution in [0.4, 0.5) is 0 Å². The molecule has 10 N–H and O–H groups in total. The smallest absolute Gasteiger partial charge is 0.140 e. The molecule has 1 saturated carbocycles. The zero-order chi connectivity index (χ0) is 29.5. The zero-order valence-electron chi connectivity index (χ0n) is 22.8. The normalized spacial score (nSPS) is 19.9. The van der Waals surface area contributed by atoms with Crippen molar-refractivity contribution in [3.8, 4) is 11.5 Å². The van der Waals surface area contributed by atoms with Crippen molar-refractivity contribution in [1.82, 2.24) is 0 Å². The van der Waals surface area contributed by atoms with E-state index >= 15 is 0 Å². The van der Waals surface area contributed by atoms with Gasteiger partial charge in [-0.3, -0.25) is 0 Å². The first-order valence-electron chi connectivity index (χ1n) is 13.7. The Morgan fingerprint density at radius 2 is 1.10 bits per heavy atom. The Bertz CT molecular complexity index is 1130. The molecule has 0 saturated heterocycles. The lowest BCUT2D eigenvalue weighted by Crippen LogP contribution is -3.25. The minimum atomic E-state index is -5.01. The van der Waals surface area contributed by atoms with Crippen molar-refractivity contribution in [3.63, 3.8) is 0 Å². The molecule has 2 aromatic rings. The van der Waals surface area contributed by atoms with Crippen LogP contribution >= 0.6 is 15.2 Å². The molecule has 224 valence electrons. The predicted molar refractivity (Wildman–Crippen MR) is 139 cm³/mol. The molecule has 14 heteroatoms. The fourth-order valence-electron chi connectivity index (χ4n) is 5.98. The largest absolute Gasteiger partial charge is 0.807 e. The molecule has 12 nitrogen and oxygen atoms in total. The van der Waals surface area contributed by atoms with Crippen molar-refractivity contribution < 1.29 is 60.2 Å². The van der Waals surface area contributed by atoms with Crippen LogP contribution < -0.4 is 40.8 Å². The molecule has 40 heavy (non-hydrogen) atoms. The van der Waals surface area contributed by atoms with Gasteiger partial charge in [0.15, 0.2) is 0 Å². The summed E-state index contributed by atoms with van der Waals surface area (Å²) in [5, 5.41) is 21.1. The molecule has 2 aromatic carbocycles. The van der Waals surface area contributed by atoms with Crippen LogP contribution in [0.15, 0.2) is 36.4 Å². The topological polar surface area (TPSA) is 231 Å². The van der Waals surface area contributed by atoms with E-state index < -0.39 is 39.8 Å². The van der Waals surface area contributed by atoms with Crippen LogP contribution in [0.2, 0.25) is 0 Å². The Balaban J connectivity index is 2.01. The molecule has 1 fully saturated rings. The van der Waals surface area contributed by atoms with E-state index in [9.17, 15) is 38.9 Å². The number of hydrogen-bond acceptors (Lipinski definition) is 8. The lowest BCUT2D eigenvalue weighted by atomic mass is 9.87. The van der Waals surface area contributed by atoms with E-state index in [1.54, 1.807) is 24.3 Å².